The van der Waals surface area contributed by atoms with Crippen molar-refractivity contribution in [3.8, 4) is 17.2 Å². The smallest absolute Gasteiger partial charge is 0.145 e. The molecule has 0 heterocycles. The van der Waals surface area contributed by atoms with Gasteiger partial charge in [-0.2, -0.15) is 0 Å². The normalized spacial score (nSPS) is 10.0. The first-order valence-electron chi connectivity index (χ1n) is 6.69. The highest BCUT2D eigenvalue weighted by Gasteiger charge is 2.07. The zero-order valence-corrected chi connectivity index (χ0v) is 12.5. The molecule has 0 fully saturated rings. The van der Waals surface area contributed by atoms with Gasteiger partial charge in [0.2, 0.25) is 0 Å². The number of nitrogen functional groups attached to an aromatic ring is 1. The van der Waals surface area contributed by atoms with Crippen LogP contribution in [0.25, 0.3) is 0 Å². The van der Waals surface area contributed by atoms with Crippen LogP contribution in [0.1, 0.15) is 6.92 Å². The molecule has 2 aromatic rings. The van der Waals surface area contributed by atoms with Crippen LogP contribution in [0.2, 0.25) is 0 Å². The first kappa shape index (κ1) is 14.8. The average molecular weight is 288 g/mol. The topological polar surface area (TPSA) is 65.7 Å². The molecule has 2 aromatic carbocycles. The minimum Gasteiger partial charge on any atom is -0.497 e. The lowest BCUT2D eigenvalue weighted by molar-refractivity contribution is 0.342. The van der Waals surface area contributed by atoms with Gasteiger partial charge < -0.3 is 25.3 Å². The van der Waals surface area contributed by atoms with E-state index in [9.17, 15) is 0 Å². The van der Waals surface area contributed by atoms with Crippen LogP contribution in [0.4, 0.5) is 17.1 Å². The lowest BCUT2D eigenvalue weighted by atomic mass is 10.2. The molecule has 0 aliphatic heterocycles. The van der Waals surface area contributed by atoms with Gasteiger partial charge in [0.25, 0.3) is 0 Å². The summed E-state index contributed by atoms with van der Waals surface area (Å²) >= 11 is 0. The van der Waals surface area contributed by atoms with Crippen molar-refractivity contribution in [2.75, 3.05) is 31.9 Å². The first-order valence-corrected chi connectivity index (χ1v) is 6.69. The molecule has 0 aromatic heterocycles. The Balaban J connectivity index is 2.27. The second-order valence-electron chi connectivity index (χ2n) is 4.38. The molecule has 0 aliphatic carbocycles. The summed E-state index contributed by atoms with van der Waals surface area (Å²) in [4.78, 5) is 0. The van der Waals surface area contributed by atoms with E-state index in [4.69, 9.17) is 19.9 Å². The molecule has 0 bridgehead atoms. The van der Waals surface area contributed by atoms with Crippen molar-refractivity contribution in [3.63, 3.8) is 0 Å². The maximum absolute atomic E-state index is 5.87. The number of ether oxygens (including phenoxy) is 3. The summed E-state index contributed by atoms with van der Waals surface area (Å²) in [6.07, 6.45) is 0. The summed E-state index contributed by atoms with van der Waals surface area (Å²) < 4.78 is 16.0. The highest BCUT2D eigenvalue weighted by atomic mass is 16.5. The van der Waals surface area contributed by atoms with E-state index in [-0.39, 0.29) is 0 Å². The fourth-order valence-electron chi connectivity index (χ4n) is 1.95. The summed E-state index contributed by atoms with van der Waals surface area (Å²) in [5.74, 6) is 2.10. The molecule has 0 spiro atoms. The van der Waals surface area contributed by atoms with E-state index in [1.807, 2.05) is 43.3 Å². The molecule has 3 N–H and O–H groups in total. The summed E-state index contributed by atoms with van der Waals surface area (Å²) in [7, 11) is 3.24. The zero-order valence-electron chi connectivity index (χ0n) is 12.5. The molecular weight excluding hydrogens is 268 g/mol. The van der Waals surface area contributed by atoms with E-state index in [1.165, 1.54) is 0 Å². The number of hydrogen-bond acceptors (Lipinski definition) is 5. The highest BCUT2D eigenvalue weighted by molar-refractivity contribution is 5.71. The Bertz CT molecular complexity index is 614. The van der Waals surface area contributed by atoms with E-state index in [0.717, 1.165) is 17.1 Å². The maximum Gasteiger partial charge on any atom is 0.145 e. The molecule has 5 heteroatoms. The number of methoxy groups -OCH3 is 2. The van der Waals surface area contributed by atoms with Crippen LogP contribution in [0.3, 0.4) is 0 Å². The molecule has 0 saturated heterocycles. The largest absolute Gasteiger partial charge is 0.497 e. The van der Waals surface area contributed by atoms with Crippen molar-refractivity contribution in [2.45, 2.75) is 6.92 Å². The minimum atomic E-state index is 0.569. The third-order valence-electron chi connectivity index (χ3n) is 3.00. The molecule has 0 radical (unpaired) electrons. The van der Waals surface area contributed by atoms with Gasteiger partial charge in [-0.3, -0.25) is 0 Å². The zero-order chi connectivity index (χ0) is 15.2. The Morgan fingerprint density at radius 2 is 1.81 bits per heavy atom. The molecule has 0 aliphatic rings. The third-order valence-corrected chi connectivity index (χ3v) is 3.00. The monoisotopic (exact) mass is 288 g/mol. The van der Waals surface area contributed by atoms with Crippen LogP contribution >= 0.6 is 0 Å². The van der Waals surface area contributed by atoms with Crippen LogP contribution in [-0.2, 0) is 0 Å². The van der Waals surface area contributed by atoms with Crippen molar-refractivity contribution in [3.05, 3.63) is 36.4 Å². The lowest BCUT2D eigenvalue weighted by Crippen LogP contribution is -1.99. The number of rotatable bonds is 6. The Morgan fingerprint density at radius 3 is 2.48 bits per heavy atom. The second kappa shape index (κ2) is 6.74. The van der Waals surface area contributed by atoms with E-state index in [1.54, 1.807) is 14.2 Å². The van der Waals surface area contributed by atoms with Crippen LogP contribution in [0.15, 0.2) is 36.4 Å². The van der Waals surface area contributed by atoms with E-state index in [2.05, 4.69) is 5.32 Å². The fraction of sp³-hybridized carbons (Fsp3) is 0.250. The molecule has 2 rings (SSSR count). The predicted molar refractivity (Wildman–Crippen MR) is 84.9 cm³/mol. The molecule has 0 unspecified atom stereocenters. The van der Waals surface area contributed by atoms with Gasteiger partial charge in [0.1, 0.15) is 17.2 Å². The summed E-state index contributed by atoms with van der Waals surface area (Å²) in [6, 6.07) is 11.1. The van der Waals surface area contributed by atoms with Crippen LogP contribution < -0.4 is 25.3 Å². The van der Waals surface area contributed by atoms with E-state index < -0.39 is 0 Å². The van der Waals surface area contributed by atoms with Crippen molar-refractivity contribution in [2.24, 2.45) is 0 Å². The number of benzene rings is 2. The van der Waals surface area contributed by atoms with Crippen molar-refractivity contribution < 1.29 is 14.2 Å². The molecule has 112 valence electrons. The average Bonchev–Trinajstić information content (AvgIpc) is 2.51. The van der Waals surface area contributed by atoms with Crippen molar-refractivity contribution in [1.29, 1.82) is 0 Å². The number of anilines is 3. The highest BCUT2D eigenvalue weighted by Crippen LogP contribution is 2.33. The maximum atomic E-state index is 5.87. The van der Waals surface area contributed by atoms with E-state index in [0.29, 0.717) is 23.8 Å². The summed E-state index contributed by atoms with van der Waals surface area (Å²) in [5.41, 5.74) is 8.19. The molecular formula is C16H20N2O3. The molecule has 0 amide bonds. The molecule has 5 nitrogen and oxygen atoms in total. The van der Waals surface area contributed by atoms with Gasteiger partial charge >= 0.3 is 0 Å². The van der Waals surface area contributed by atoms with E-state index >= 15 is 0 Å². The van der Waals surface area contributed by atoms with Crippen LogP contribution in [-0.4, -0.2) is 20.8 Å². The minimum absolute atomic E-state index is 0.569. The van der Waals surface area contributed by atoms with Crippen molar-refractivity contribution in [1.82, 2.24) is 0 Å². The van der Waals surface area contributed by atoms with Gasteiger partial charge in [0.15, 0.2) is 0 Å². The lowest BCUT2D eigenvalue weighted by Gasteiger charge is -2.14. The molecule has 0 atom stereocenters. The Kier molecular flexibility index (Phi) is 4.77. The Labute approximate surface area is 124 Å². The Hall–Kier alpha value is -2.56. The molecule has 0 saturated carbocycles. The van der Waals surface area contributed by atoms with Gasteiger partial charge in [0.05, 0.1) is 32.2 Å². The van der Waals surface area contributed by atoms with Gasteiger partial charge in [-0.1, -0.05) is 0 Å². The first-order chi connectivity index (χ1) is 10.2. The number of hydrogen-bond donors (Lipinski definition) is 2. The van der Waals surface area contributed by atoms with Crippen molar-refractivity contribution >= 4 is 17.1 Å². The van der Waals surface area contributed by atoms with Crippen LogP contribution in [0, 0.1) is 0 Å². The SMILES string of the molecule is CCOc1cc(Nc2ccc(OC)cc2OC)ccc1N. The Morgan fingerprint density at radius 1 is 1.00 bits per heavy atom. The molecule has 21 heavy (non-hydrogen) atoms. The fourth-order valence-corrected chi connectivity index (χ4v) is 1.95. The third kappa shape index (κ3) is 3.51. The number of nitrogens with two attached hydrogens (primary N) is 1. The second-order valence-corrected chi connectivity index (χ2v) is 4.38. The van der Waals surface area contributed by atoms with Gasteiger partial charge in [-0.15, -0.1) is 0 Å². The van der Waals surface area contributed by atoms with Crippen LogP contribution in [0.5, 0.6) is 17.2 Å². The number of nitrogens with one attached hydrogen (secondary N) is 1. The van der Waals surface area contributed by atoms with Gasteiger partial charge in [-0.25, -0.2) is 0 Å². The standard InChI is InChI=1S/C16H20N2O3/c1-4-21-15-9-11(5-7-13(15)17)18-14-8-6-12(19-2)10-16(14)20-3/h5-10,18H,4,17H2,1-3H3. The summed E-state index contributed by atoms with van der Waals surface area (Å²) in [6.45, 7) is 2.49. The summed E-state index contributed by atoms with van der Waals surface area (Å²) in [5, 5.41) is 3.28. The van der Waals surface area contributed by atoms with Gasteiger partial charge in [-0.05, 0) is 31.2 Å². The van der Waals surface area contributed by atoms with Gasteiger partial charge in [0, 0.05) is 17.8 Å². The quantitative estimate of drug-likeness (QED) is 0.797. The predicted octanol–water partition coefficient (Wildman–Crippen LogP) is 3.43.